The number of ether oxygens (including phenoxy) is 1. The minimum absolute atomic E-state index is 0.470. The summed E-state index contributed by atoms with van der Waals surface area (Å²) in [4.78, 5) is 0. The van der Waals surface area contributed by atoms with Gasteiger partial charge in [-0.15, -0.1) is 0 Å². The Morgan fingerprint density at radius 2 is 1.85 bits per heavy atom. The summed E-state index contributed by atoms with van der Waals surface area (Å²) in [7, 11) is 1.72. The summed E-state index contributed by atoms with van der Waals surface area (Å²) in [6, 6.07) is 9.70. The zero-order valence-corrected chi connectivity index (χ0v) is 13.2. The minimum atomic E-state index is 0.470. The second-order valence-corrected chi connectivity index (χ2v) is 5.96. The summed E-state index contributed by atoms with van der Waals surface area (Å²) < 4.78 is 5.25. The van der Waals surface area contributed by atoms with E-state index in [0.29, 0.717) is 12.1 Å². The van der Waals surface area contributed by atoms with Crippen LogP contribution < -0.4 is 10.1 Å². The van der Waals surface area contributed by atoms with E-state index in [1.54, 1.807) is 7.11 Å². The predicted octanol–water partition coefficient (Wildman–Crippen LogP) is 4.70. The zero-order chi connectivity index (χ0) is 14.4. The topological polar surface area (TPSA) is 21.3 Å². The van der Waals surface area contributed by atoms with Gasteiger partial charge in [0, 0.05) is 12.1 Å². The molecule has 3 atom stereocenters. The maximum Gasteiger partial charge on any atom is 0.118 e. The monoisotopic (exact) mass is 275 g/mol. The molecule has 1 saturated carbocycles. The molecule has 1 N–H and O–H groups in total. The van der Waals surface area contributed by atoms with Gasteiger partial charge in [0.25, 0.3) is 0 Å². The van der Waals surface area contributed by atoms with Gasteiger partial charge in [-0.2, -0.15) is 0 Å². The number of nitrogens with one attached hydrogen (secondary N) is 1. The maximum absolute atomic E-state index is 5.25. The van der Waals surface area contributed by atoms with Crippen LogP contribution in [0.25, 0.3) is 0 Å². The summed E-state index contributed by atoms with van der Waals surface area (Å²) in [5, 5.41) is 3.92. The van der Waals surface area contributed by atoms with Crippen LogP contribution in [-0.4, -0.2) is 13.2 Å². The number of benzene rings is 1. The molecule has 0 bridgehead atoms. The fraction of sp³-hybridized carbons (Fsp3) is 0.667. The SMILES string of the molecule is CCC(NC1CCCCC1CC)c1ccc(OC)cc1. The van der Waals surface area contributed by atoms with Gasteiger partial charge in [-0.3, -0.25) is 0 Å². The Morgan fingerprint density at radius 1 is 1.15 bits per heavy atom. The molecule has 20 heavy (non-hydrogen) atoms. The molecule has 2 heteroatoms. The van der Waals surface area contributed by atoms with E-state index in [9.17, 15) is 0 Å². The van der Waals surface area contributed by atoms with Gasteiger partial charge in [0.1, 0.15) is 5.75 Å². The lowest BCUT2D eigenvalue weighted by atomic mass is 9.82. The van der Waals surface area contributed by atoms with E-state index in [-0.39, 0.29) is 0 Å². The van der Waals surface area contributed by atoms with Crippen molar-refractivity contribution in [2.24, 2.45) is 5.92 Å². The second-order valence-electron chi connectivity index (χ2n) is 5.96. The molecule has 1 aliphatic carbocycles. The molecule has 1 aliphatic rings. The molecule has 0 aliphatic heterocycles. The molecule has 112 valence electrons. The van der Waals surface area contributed by atoms with Crippen molar-refractivity contribution in [2.75, 3.05) is 7.11 Å². The predicted molar refractivity (Wildman–Crippen MR) is 85.2 cm³/mol. The molecule has 0 radical (unpaired) electrons. The van der Waals surface area contributed by atoms with Crippen LogP contribution in [0.1, 0.15) is 64.0 Å². The number of methoxy groups -OCH3 is 1. The molecule has 0 saturated heterocycles. The molecule has 0 aromatic heterocycles. The van der Waals surface area contributed by atoms with Gasteiger partial charge in [-0.1, -0.05) is 45.2 Å². The van der Waals surface area contributed by atoms with Crippen molar-refractivity contribution in [3.8, 4) is 5.75 Å². The molecule has 0 amide bonds. The van der Waals surface area contributed by atoms with Crippen LogP contribution in [0.4, 0.5) is 0 Å². The van der Waals surface area contributed by atoms with Crippen molar-refractivity contribution in [3.05, 3.63) is 29.8 Å². The Morgan fingerprint density at radius 3 is 2.45 bits per heavy atom. The Balaban J connectivity index is 2.03. The Hall–Kier alpha value is -1.02. The first-order chi connectivity index (χ1) is 9.78. The van der Waals surface area contributed by atoms with Crippen LogP contribution in [0.2, 0.25) is 0 Å². The van der Waals surface area contributed by atoms with E-state index < -0.39 is 0 Å². The second kappa shape index (κ2) is 7.68. The van der Waals surface area contributed by atoms with E-state index >= 15 is 0 Å². The van der Waals surface area contributed by atoms with E-state index in [1.165, 1.54) is 37.7 Å². The summed E-state index contributed by atoms with van der Waals surface area (Å²) in [5.41, 5.74) is 1.38. The van der Waals surface area contributed by atoms with Crippen LogP contribution in [0, 0.1) is 5.92 Å². The third-order valence-electron chi connectivity index (χ3n) is 4.78. The molecule has 1 aromatic rings. The smallest absolute Gasteiger partial charge is 0.118 e. The summed E-state index contributed by atoms with van der Waals surface area (Å²) >= 11 is 0. The van der Waals surface area contributed by atoms with E-state index in [4.69, 9.17) is 4.74 Å². The number of rotatable bonds is 6. The summed E-state index contributed by atoms with van der Waals surface area (Å²) in [6.07, 6.45) is 7.97. The zero-order valence-electron chi connectivity index (χ0n) is 13.2. The highest BCUT2D eigenvalue weighted by Gasteiger charge is 2.25. The van der Waals surface area contributed by atoms with E-state index in [1.807, 2.05) is 0 Å². The van der Waals surface area contributed by atoms with Crippen LogP contribution in [-0.2, 0) is 0 Å². The van der Waals surface area contributed by atoms with Crippen LogP contribution in [0.5, 0.6) is 5.75 Å². The summed E-state index contributed by atoms with van der Waals surface area (Å²) in [5.74, 6) is 1.80. The van der Waals surface area contributed by atoms with Gasteiger partial charge in [0.15, 0.2) is 0 Å². The van der Waals surface area contributed by atoms with Crippen molar-refractivity contribution >= 4 is 0 Å². The average Bonchev–Trinajstić information content (AvgIpc) is 2.53. The van der Waals surface area contributed by atoms with Gasteiger partial charge in [-0.05, 0) is 42.9 Å². The third kappa shape index (κ3) is 3.76. The summed E-state index contributed by atoms with van der Waals surface area (Å²) in [6.45, 7) is 4.60. The van der Waals surface area contributed by atoms with Crippen molar-refractivity contribution < 1.29 is 4.74 Å². The first-order valence-electron chi connectivity index (χ1n) is 8.18. The van der Waals surface area contributed by atoms with E-state index in [0.717, 1.165) is 18.1 Å². The van der Waals surface area contributed by atoms with Gasteiger partial charge >= 0.3 is 0 Å². The third-order valence-corrected chi connectivity index (χ3v) is 4.78. The molecule has 1 aromatic carbocycles. The van der Waals surface area contributed by atoms with Gasteiger partial charge < -0.3 is 10.1 Å². The molecule has 0 heterocycles. The van der Waals surface area contributed by atoms with Crippen molar-refractivity contribution in [3.63, 3.8) is 0 Å². The molecule has 3 unspecified atom stereocenters. The Kier molecular flexibility index (Phi) is 5.90. The van der Waals surface area contributed by atoms with Gasteiger partial charge in [0.05, 0.1) is 7.11 Å². The fourth-order valence-electron chi connectivity index (χ4n) is 3.46. The van der Waals surface area contributed by atoms with Crippen LogP contribution >= 0.6 is 0 Å². The standard InChI is InChI=1S/C18H29NO/c1-4-14-8-6-7-9-18(14)19-17(5-2)15-10-12-16(20-3)13-11-15/h10-14,17-19H,4-9H2,1-3H3. The lowest BCUT2D eigenvalue weighted by Gasteiger charge is -2.35. The molecule has 2 rings (SSSR count). The van der Waals surface area contributed by atoms with Crippen LogP contribution in [0.15, 0.2) is 24.3 Å². The first kappa shape index (κ1) is 15.4. The normalized spacial score (nSPS) is 24.4. The van der Waals surface area contributed by atoms with Crippen molar-refractivity contribution in [2.45, 2.75) is 64.5 Å². The molecule has 2 nitrogen and oxygen atoms in total. The quantitative estimate of drug-likeness (QED) is 0.812. The maximum atomic E-state index is 5.25. The van der Waals surface area contributed by atoms with Gasteiger partial charge in [0.2, 0.25) is 0 Å². The Labute approximate surface area is 123 Å². The highest BCUT2D eigenvalue weighted by Crippen LogP contribution is 2.30. The van der Waals surface area contributed by atoms with Gasteiger partial charge in [-0.25, -0.2) is 0 Å². The molecular formula is C18H29NO. The van der Waals surface area contributed by atoms with Crippen molar-refractivity contribution in [1.82, 2.24) is 5.32 Å². The van der Waals surface area contributed by atoms with Crippen LogP contribution in [0.3, 0.4) is 0 Å². The molecule has 0 spiro atoms. The van der Waals surface area contributed by atoms with Crippen molar-refractivity contribution in [1.29, 1.82) is 0 Å². The molecular weight excluding hydrogens is 246 g/mol. The minimum Gasteiger partial charge on any atom is -0.497 e. The highest BCUT2D eigenvalue weighted by molar-refractivity contribution is 5.29. The molecule has 1 fully saturated rings. The first-order valence-corrected chi connectivity index (χ1v) is 8.18. The highest BCUT2D eigenvalue weighted by atomic mass is 16.5. The lowest BCUT2D eigenvalue weighted by molar-refractivity contribution is 0.234. The Bertz CT molecular complexity index is 387. The fourth-order valence-corrected chi connectivity index (χ4v) is 3.46. The number of hydrogen-bond acceptors (Lipinski definition) is 2. The average molecular weight is 275 g/mol. The largest absolute Gasteiger partial charge is 0.497 e. The van der Waals surface area contributed by atoms with E-state index in [2.05, 4.69) is 43.4 Å². The lowest BCUT2D eigenvalue weighted by Crippen LogP contribution is -2.40. The number of hydrogen-bond donors (Lipinski definition) is 1.